The minimum Gasteiger partial charge on any atom is -0.508 e. The van der Waals surface area contributed by atoms with Gasteiger partial charge in [-0.05, 0) is 93.6 Å². The van der Waals surface area contributed by atoms with Gasteiger partial charge < -0.3 is 31.3 Å². The first-order valence-corrected chi connectivity index (χ1v) is 16.3. The molecule has 0 heterocycles. The highest BCUT2D eigenvalue weighted by molar-refractivity contribution is 5.48. The van der Waals surface area contributed by atoms with Crippen molar-refractivity contribution < 1.29 is 28.5 Å². The van der Waals surface area contributed by atoms with Crippen LogP contribution in [0.1, 0.15) is 33.4 Å². The summed E-state index contributed by atoms with van der Waals surface area (Å²) < 4.78 is 39.0. The summed E-state index contributed by atoms with van der Waals surface area (Å²) in [5.74, 6) is -0.0822. The fraction of sp³-hybridized carbons (Fsp3) is 0.143. The SMILES string of the molecule is Cc1ccc(O)c(CNc2ccc(F)cc2)c1.Cc1ccc(O)c(CNc2cccc(F)c2)c1.Cc1ccc(O)c(CNc2ccccc2F)c1. The minimum atomic E-state index is -0.292. The first kappa shape index (κ1) is 37.7. The second-order valence-corrected chi connectivity index (χ2v) is 12.0. The summed E-state index contributed by atoms with van der Waals surface area (Å²) in [6.07, 6.45) is 0. The van der Waals surface area contributed by atoms with Gasteiger partial charge in [-0.1, -0.05) is 71.3 Å². The number of hydrogen-bond acceptors (Lipinski definition) is 6. The van der Waals surface area contributed by atoms with Crippen LogP contribution in [0, 0.1) is 38.2 Å². The van der Waals surface area contributed by atoms with Crippen LogP contribution in [0.25, 0.3) is 0 Å². The first-order valence-electron chi connectivity index (χ1n) is 16.3. The summed E-state index contributed by atoms with van der Waals surface area (Å²) in [4.78, 5) is 0. The molecular weight excluding hydrogens is 651 g/mol. The fourth-order valence-corrected chi connectivity index (χ4v) is 4.92. The topological polar surface area (TPSA) is 96.8 Å². The Morgan fingerprint density at radius 1 is 0.431 bits per heavy atom. The van der Waals surface area contributed by atoms with Crippen LogP contribution in [0.2, 0.25) is 0 Å². The van der Waals surface area contributed by atoms with E-state index in [1.165, 1.54) is 30.3 Å². The summed E-state index contributed by atoms with van der Waals surface area (Å²) in [5.41, 5.74) is 7.59. The average molecular weight is 694 g/mol. The number of aryl methyl sites for hydroxylation is 3. The molecule has 0 saturated carbocycles. The summed E-state index contributed by atoms with van der Waals surface area (Å²) in [6.45, 7) is 7.27. The molecule has 0 aliphatic rings. The van der Waals surface area contributed by atoms with Crippen LogP contribution in [-0.2, 0) is 19.6 Å². The predicted molar refractivity (Wildman–Crippen MR) is 200 cm³/mol. The zero-order valence-corrected chi connectivity index (χ0v) is 28.7. The van der Waals surface area contributed by atoms with Crippen molar-refractivity contribution in [2.75, 3.05) is 16.0 Å². The normalized spacial score (nSPS) is 10.2. The molecule has 6 nitrogen and oxygen atoms in total. The van der Waals surface area contributed by atoms with E-state index in [9.17, 15) is 28.5 Å². The van der Waals surface area contributed by atoms with Crippen molar-refractivity contribution in [2.45, 2.75) is 40.4 Å². The third kappa shape index (κ3) is 12.4. The van der Waals surface area contributed by atoms with Crippen LogP contribution in [0.15, 0.2) is 127 Å². The zero-order chi connectivity index (χ0) is 36.8. The molecule has 6 aromatic carbocycles. The Morgan fingerprint density at radius 3 is 1.39 bits per heavy atom. The summed E-state index contributed by atoms with van der Waals surface area (Å²) in [6, 6.07) is 35.1. The standard InChI is InChI=1S/3C14H14FNO/c1-10-2-7-14(17)11(8-10)9-16-13-5-3-12(15)4-6-13;1-10-5-6-14(17)11(7-10)9-16-13-4-2-3-12(15)8-13;1-10-6-7-14(17)11(8-10)9-16-13-5-3-2-4-12(13)15/h3*2-8,16-17H,9H2,1H3. The number of rotatable bonds is 9. The van der Waals surface area contributed by atoms with E-state index < -0.39 is 0 Å². The molecule has 0 amide bonds. The smallest absolute Gasteiger partial charge is 0.146 e. The van der Waals surface area contributed by atoms with Crippen molar-refractivity contribution in [1.29, 1.82) is 0 Å². The molecule has 0 spiro atoms. The molecule has 0 saturated heterocycles. The number of nitrogens with one attached hydrogen (secondary N) is 3. The molecule has 0 fully saturated rings. The lowest BCUT2D eigenvalue weighted by molar-refractivity contribution is 0.468. The predicted octanol–water partition coefficient (Wildman–Crippen LogP) is 10.4. The second kappa shape index (κ2) is 18.6. The molecule has 0 aromatic heterocycles. The minimum absolute atomic E-state index is 0.222. The lowest BCUT2D eigenvalue weighted by Crippen LogP contribution is -2.01. The molecule has 0 atom stereocenters. The van der Waals surface area contributed by atoms with Gasteiger partial charge in [-0.3, -0.25) is 0 Å². The van der Waals surface area contributed by atoms with Crippen molar-refractivity contribution in [3.63, 3.8) is 0 Å². The highest BCUT2D eigenvalue weighted by Gasteiger charge is 2.05. The maximum Gasteiger partial charge on any atom is 0.146 e. The molecule has 6 rings (SSSR count). The van der Waals surface area contributed by atoms with Crippen molar-refractivity contribution in [3.05, 3.63) is 178 Å². The van der Waals surface area contributed by atoms with Gasteiger partial charge >= 0.3 is 0 Å². The van der Waals surface area contributed by atoms with Crippen LogP contribution in [-0.4, -0.2) is 15.3 Å². The molecule has 0 aliphatic heterocycles. The van der Waals surface area contributed by atoms with Gasteiger partial charge in [-0.2, -0.15) is 0 Å². The summed E-state index contributed by atoms with van der Waals surface area (Å²) in [5, 5.41) is 38.1. The van der Waals surface area contributed by atoms with E-state index in [-0.39, 0.29) is 34.7 Å². The number of anilines is 3. The number of halogens is 3. The molecular formula is C42H42F3N3O3. The lowest BCUT2D eigenvalue weighted by atomic mass is 10.1. The van der Waals surface area contributed by atoms with Gasteiger partial charge in [0.05, 0.1) is 5.69 Å². The van der Waals surface area contributed by atoms with Crippen molar-refractivity contribution >= 4 is 17.1 Å². The number of benzene rings is 6. The molecule has 9 heteroatoms. The average Bonchev–Trinajstić information content (AvgIpc) is 3.11. The Kier molecular flexibility index (Phi) is 13.8. The second-order valence-electron chi connectivity index (χ2n) is 12.0. The highest BCUT2D eigenvalue weighted by Crippen LogP contribution is 2.23. The fourth-order valence-electron chi connectivity index (χ4n) is 4.92. The van der Waals surface area contributed by atoms with Crippen molar-refractivity contribution in [2.24, 2.45) is 0 Å². The number of hydrogen-bond donors (Lipinski definition) is 6. The van der Waals surface area contributed by atoms with Gasteiger partial charge in [-0.15, -0.1) is 0 Å². The largest absolute Gasteiger partial charge is 0.508 e. The Morgan fingerprint density at radius 2 is 0.902 bits per heavy atom. The van der Waals surface area contributed by atoms with Crippen LogP contribution in [0.4, 0.5) is 30.2 Å². The molecule has 0 radical (unpaired) electrons. The van der Waals surface area contributed by atoms with E-state index in [1.54, 1.807) is 60.7 Å². The highest BCUT2D eigenvalue weighted by atomic mass is 19.1. The number of phenolic OH excluding ortho intramolecular Hbond substituents is 3. The van der Waals surface area contributed by atoms with E-state index in [1.807, 2.05) is 57.2 Å². The van der Waals surface area contributed by atoms with Crippen LogP contribution < -0.4 is 16.0 Å². The zero-order valence-electron chi connectivity index (χ0n) is 28.7. The van der Waals surface area contributed by atoms with Gasteiger partial charge in [0.2, 0.25) is 0 Å². The van der Waals surface area contributed by atoms with Gasteiger partial charge in [0.15, 0.2) is 0 Å². The third-order valence-corrected chi connectivity index (χ3v) is 7.68. The number of aromatic hydroxyl groups is 3. The molecule has 264 valence electrons. The quantitative estimate of drug-likeness (QED) is 0.0902. The van der Waals surface area contributed by atoms with Gasteiger partial charge in [0.1, 0.15) is 34.7 Å². The summed E-state index contributed by atoms with van der Waals surface area (Å²) >= 11 is 0. The monoisotopic (exact) mass is 693 g/mol. The third-order valence-electron chi connectivity index (χ3n) is 7.68. The van der Waals surface area contributed by atoms with Crippen molar-refractivity contribution in [1.82, 2.24) is 0 Å². The molecule has 6 N–H and O–H groups in total. The number of para-hydroxylation sites is 1. The maximum absolute atomic E-state index is 13.3. The Balaban J connectivity index is 0.000000172. The number of phenols is 3. The first-order chi connectivity index (χ1) is 24.5. The maximum atomic E-state index is 13.3. The molecule has 6 aromatic rings. The van der Waals surface area contributed by atoms with Gasteiger partial charge in [-0.25, -0.2) is 13.2 Å². The molecule has 51 heavy (non-hydrogen) atoms. The van der Waals surface area contributed by atoms with E-state index >= 15 is 0 Å². The van der Waals surface area contributed by atoms with Gasteiger partial charge in [0.25, 0.3) is 0 Å². The van der Waals surface area contributed by atoms with Crippen LogP contribution in [0.5, 0.6) is 17.2 Å². The summed E-state index contributed by atoms with van der Waals surface area (Å²) in [7, 11) is 0. The van der Waals surface area contributed by atoms with E-state index in [0.29, 0.717) is 31.0 Å². The van der Waals surface area contributed by atoms with E-state index in [0.717, 1.165) is 39.1 Å². The van der Waals surface area contributed by atoms with Crippen molar-refractivity contribution in [3.8, 4) is 17.2 Å². The molecule has 0 unspecified atom stereocenters. The Hall–Kier alpha value is -6.09. The van der Waals surface area contributed by atoms with E-state index in [4.69, 9.17) is 0 Å². The van der Waals surface area contributed by atoms with Crippen LogP contribution in [0.3, 0.4) is 0 Å². The van der Waals surface area contributed by atoms with Crippen LogP contribution >= 0.6 is 0 Å². The Labute approximate surface area is 296 Å². The van der Waals surface area contributed by atoms with E-state index in [2.05, 4.69) is 16.0 Å². The molecule has 0 aliphatic carbocycles. The lowest BCUT2D eigenvalue weighted by Gasteiger charge is -2.09. The van der Waals surface area contributed by atoms with Gasteiger partial charge in [0, 0.05) is 47.7 Å². The molecule has 0 bridgehead atoms. The Bertz CT molecular complexity index is 2020.